The van der Waals surface area contributed by atoms with Crippen LogP contribution in [0.1, 0.15) is 44.9 Å². The summed E-state index contributed by atoms with van der Waals surface area (Å²) in [4.78, 5) is 4.72. The van der Waals surface area contributed by atoms with Crippen LogP contribution >= 0.6 is 0 Å². The van der Waals surface area contributed by atoms with Gasteiger partial charge < -0.3 is 15.4 Å². The summed E-state index contributed by atoms with van der Waals surface area (Å²) >= 11 is 0. The highest BCUT2D eigenvalue weighted by Gasteiger charge is 2.28. The smallest absolute Gasteiger partial charge is 0.191 e. The summed E-state index contributed by atoms with van der Waals surface area (Å²) < 4.78 is 28.6. The number of guanidine groups is 1. The summed E-state index contributed by atoms with van der Waals surface area (Å²) in [6.45, 7) is 2.20. The minimum Gasteiger partial charge on any atom is -0.381 e. The van der Waals surface area contributed by atoms with E-state index in [-0.39, 0.29) is 5.92 Å². The number of aliphatic imine (C=N–C) groups is 1. The molecule has 1 atom stereocenters. The molecule has 0 amide bonds. The molecule has 0 aromatic carbocycles. The van der Waals surface area contributed by atoms with Crippen LogP contribution in [0.4, 0.5) is 0 Å². The second kappa shape index (κ2) is 7.83. The average Bonchev–Trinajstić information content (AvgIpc) is 3.15. The summed E-state index contributed by atoms with van der Waals surface area (Å²) in [6.07, 6.45) is 7.72. The van der Waals surface area contributed by atoms with Gasteiger partial charge in [-0.05, 0) is 38.0 Å². The summed E-state index contributed by atoms with van der Waals surface area (Å²) in [5.74, 6) is 1.67. The van der Waals surface area contributed by atoms with Crippen LogP contribution in [-0.2, 0) is 14.6 Å². The largest absolute Gasteiger partial charge is 0.381 e. The Labute approximate surface area is 139 Å². The Hall–Kier alpha value is -0.820. The third-order valence-electron chi connectivity index (χ3n) is 5.09. The Morgan fingerprint density at radius 1 is 1.00 bits per heavy atom. The van der Waals surface area contributed by atoms with Gasteiger partial charge in [-0.2, -0.15) is 0 Å². The maximum atomic E-state index is 11.6. The Balaban J connectivity index is 1.57. The lowest BCUT2D eigenvalue weighted by Gasteiger charge is -2.27. The van der Waals surface area contributed by atoms with Crippen molar-refractivity contribution < 1.29 is 13.2 Å². The fraction of sp³-hybridized carbons (Fsp3) is 0.938. The first-order valence-corrected chi connectivity index (χ1v) is 10.8. The van der Waals surface area contributed by atoms with Crippen LogP contribution in [0.3, 0.4) is 0 Å². The molecule has 2 heterocycles. The van der Waals surface area contributed by atoms with Gasteiger partial charge in [-0.1, -0.05) is 12.8 Å². The first-order valence-electron chi connectivity index (χ1n) is 8.96. The molecule has 132 valence electrons. The Morgan fingerprint density at radius 2 is 1.65 bits per heavy atom. The molecular formula is C16H29N3O3S. The van der Waals surface area contributed by atoms with Gasteiger partial charge in [-0.3, -0.25) is 4.99 Å². The molecule has 1 unspecified atom stereocenters. The first-order chi connectivity index (χ1) is 11.1. The lowest BCUT2D eigenvalue weighted by Crippen LogP contribution is -2.48. The van der Waals surface area contributed by atoms with Crippen molar-refractivity contribution in [3.8, 4) is 0 Å². The van der Waals surface area contributed by atoms with Gasteiger partial charge in [0.25, 0.3) is 0 Å². The van der Waals surface area contributed by atoms with Gasteiger partial charge in [0.2, 0.25) is 0 Å². The van der Waals surface area contributed by atoms with E-state index in [1.165, 1.54) is 25.7 Å². The molecule has 3 rings (SSSR count). The van der Waals surface area contributed by atoms with Crippen LogP contribution in [-0.4, -0.2) is 57.7 Å². The van der Waals surface area contributed by atoms with Crippen molar-refractivity contribution in [2.75, 3.05) is 31.3 Å². The van der Waals surface area contributed by atoms with Crippen molar-refractivity contribution in [2.45, 2.75) is 57.0 Å². The third kappa shape index (κ3) is 5.35. The zero-order chi connectivity index (χ0) is 16.1. The van der Waals surface area contributed by atoms with E-state index in [2.05, 4.69) is 10.6 Å². The van der Waals surface area contributed by atoms with Crippen LogP contribution in [0.25, 0.3) is 0 Å². The summed E-state index contributed by atoms with van der Waals surface area (Å²) in [5, 5.41) is 7.09. The van der Waals surface area contributed by atoms with Crippen molar-refractivity contribution in [2.24, 2.45) is 10.9 Å². The molecule has 0 aromatic rings. The number of rotatable bonds is 4. The summed E-state index contributed by atoms with van der Waals surface area (Å²) in [5.41, 5.74) is 0. The second-order valence-electron chi connectivity index (χ2n) is 7.12. The molecule has 3 fully saturated rings. The predicted octanol–water partition coefficient (Wildman–Crippen LogP) is 1.08. The molecule has 3 aliphatic rings. The van der Waals surface area contributed by atoms with E-state index in [0.29, 0.717) is 30.1 Å². The quantitative estimate of drug-likeness (QED) is 0.590. The van der Waals surface area contributed by atoms with Gasteiger partial charge >= 0.3 is 0 Å². The van der Waals surface area contributed by atoms with Crippen LogP contribution in [0, 0.1) is 5.92 Å². The van der Waals surface area contributed by atoms with Crippen molar-refractivity contribution in [1.82, 2.24) is 10.6 Å². The third-order valence-corrected chi connectivity index (χ3v) is 6.93. The Morgan fingerprint density at radius 3 is 2.26 bits per heavy atom. The van der Waals surface area contributed by atoms with Crippen LogP contribution in [0.15, 0.2) is 4.99 Å². The van der Waals surface area contributed by atoms with Gasteiger partial charge in [-0.15, -0.1) is 0 Å². The van der Waals surface area contributed by atoms with E-state index >= 15 is 0 Å². The number of sulfone groups is 1. The Bertz CT molecular complexity index is 509. The molecule has 0 bridgehead atoms. The van der Waals surface area contributed by atoms with Crippen LogP contribution in [0.2, 0.25) is 0 Å². The molecule has 23 heavy (non-hydrogen) atoms. The molecule has 0 radical (unpaired) electrons. The van der Waals surface area contributed by atoms with Gasteiger partial charge in [-0.25, -0.2) is 8.42 Å². The van der Waals surface area contributed by atoms with Gasteiger partial charge in [0.1, 0.15) is 0 Å². The zero-order valence-electron chi connectivity index (χ0n) is 13.8. The SMILES string of the molecule is O=S1(=O)CCC(CN=C(NC2CCCC2)NC2CCOCC2)C1. The van der Waals surface area contributed by atoms with Crippen LogP contribution < -0.4 is 10.6 Å². The van der Waals surface area contributed by atoms with Gasteiger partial charge in [0.15, 0.2) is 15.8 Å². The highest BCUT2D eigenvalue weighted by molar-refractivity contribution is 7.91. The average molecular weight is 343 g/mol. The molecule has 7 heteroatoms. The van der Waals surface area contributed by atoms with Crippen molar-refractivity contribution in [3.05, 3.63) is 0 Å². The Kier molecular flexibility index (Phi) is 5.80. The fourth-order valence-electron chi connectivity index (χ4n) is 3.67. The lowest BCUT2D eigenvalue weighted by molar-refractivity contribution is 0.0821. The van der Waals surface area contributed by atoms with E-state index in [0.717, 1.165) is 38.4 Å². The van der Waals surface area contributed by atoms with E-state index in [4.69, 9.17) is 9.73 Å². The van der Waals surface area contributed by atoms with Crippen molar-refractivity contribution in [3.63, 3.8) is 0 Å². The molecule has 0 aromatic heterocycles. The number of nitrogens with one attached hydrogen (secondary N) is 2. The number of hydrogen-bond donors (Lipinski definition) is 2. The predicted molar refractivity (Wildman–Crippen MR) is 91.4 cm³/mol. The number of nitrogens with zero attached hydrogens (tertiary/aromatic N) is 1. The van der Waals surface area contributed by atoms with E-state index < -0.39 is 9.84 Å². The molecule has 2 saturated heterocycles. The first kappa shape index (κ1) is 17.0. The lowest BCUT2D eigenvalue weighted by atomic mass is 10.1. The molecule has 1 saturated carbocycles. The highest BCUT2D eigenvalue weighted by atomic mass is 32.2. The van der Waals surface area contributed by atoms with Crippen molar-refractivity contribution in [1.29, 1.82) is 0 Å². The zero-order valence-corrected chi connectivity index (χ0v) is 14.6. The molecule has 2 N–H and O–H groups in total. The fourth-order valence-corrected chi connectivity index (χ4v) is 5.52. The van der Waals surface area contributed by atoms with Gasteiger partial charge in [0, 0.05) is 31.8 Å². The van der Waals surface area contributed by atoms with E-state index in [9.17, 15) is 8.42 Å². The molecule has 2 aliphatic heterocycles. The minimum atomic E-state index is -2.82. The number of ether oxygens (including phenoxy) is 1. The normalized spacial score (nSPS) is 29.7. The minimum absolute atomic E-state index is 0.178. The molecule has 0 spiro atoms. The second-order valence-corrected chi connectivity index (χ2v) is 9.34. The maximum Gasteiger partial charge on any atom is 0.191 e. The standard InChI is InChI=1S/C16H29N3O3S/c20-23(21)10-7-13(12-23)11-17-16(18-14-3-1-2-4-14)19-15-5-8-22-9-6-15/h13-15H,1-12H2,(H2,17,18,19). The summed E-state index contributed by atoms with van der Waals surface area (Å²) in [7, 11) is -2.82. The molecular weight excluding hydrogens is 314 g/mol. The maximum absolute atomic E-state index is 11.6. The van der Waals surface area contributed by atoms with Gasteiger partial charge in [0.05, 0.1) is 11.5 Å². The van der Waals surface area contributed by atoms with E-state index in [1.54, 1.807) is 0 Å². The van der Waals surface area contributed by atoms with Crippen LogP contribution in [0.5, 0.6) is 0 Å². The highest BCUT2D eigenvalue weighted by Crippen LogP contribution is 2.20. The molecule has 6 nitrogen and oxygen atoms in total. The monoisotopic (exact) mass is 343 g/mol. The molecule has 1 aliphatic carbocycles. The van der Waals surface area contributed by atoms with Crippen molar-refractivity contribution >= 4 is 15.8 Å². The number of hydrogen-bond acceptors (Lipinski definition) is 4. The topological polar surface area (TPSA) is 79.8 Å². The summed E-state index contributed by atoms with van der Waals surface area (Å²) in [6, 6.07) is 0.914. The van der Waals surface area contributed by atoms with E-state index in [1.807, 2.05) is 0 Å².